The van der Waals surface area contributed by atoms with E-state index in [0.29, 0.717) is 19.5 Å². The highest BCUT2D eigenvalue weighted by molar-refractivity contribution is 5.82. The largest absolute Gasteiger partial charge is 0.355 e. The lowest BCUT2D eigenvalue weighted by Gasteiger charge is -2.29. The van der Waals surface area contributed by atoms with Crippen LogP contribution in [-0.2, 0) is 11.2 Å². The molecule has 2 fully saturated rings. The van der Waals surface area contributed by atoms with E-state index in [2.05, 4.69) is 27.7 Å². The van der Waals surface area contributed by atoms with Gasteiger partial charge in [0.25, 0.3) is 0 Å². The summed E-state index contributed by atoms with van der Waals surface area (Å²) in [5, 5.41) is 5.83. The Bertz CT molecular complexity index is 549. The summed E-state index contributed by atoms with van der Waals surface area (Å²) in [4.78, 5) is 28.2. The highest BCUT2D eigenvalue weighted by Crippen LogP contribution is 2.13. The number of hydrogen-bond acceptors (Lipinski definition) is 3. The Labute approximate surface area is 136 Å². The van der Waals surface area contributed by atoms with Crippen LogP contribution in [0.3, 0.4) is 0 Å². The predicted octanol–water partition coefficient (Wildman–Crippen LogP) is 0.445. The number of amides is 3. The van der Waals surface area contributed by atoms with Crippen LogP contribution in [0.2, 0.25) is 0 Å². The second-order valence-corrected chi connectivity index (χ2v) is 6.11. The number of hydrogen-bond donors (Lipinski definition) is 2. The summed E-state index contributed by atoms with van der Waals surface area (Å²) >= 11 is 0. The third-order valence-corrected chi connectivity index (χ3v) is 4.54. The summed E-state index contributed by atoms with van der Waals surface area (Å²) in [6.45, 7) is 4.48. The number of urea groups is 1. The molecule has 0 saturated carbocycles. The molecule has 6 nitrogen and oxygen atoms in total. The molecule has 2 N–H and O–H groups in total. The fourth-order valence-electron chi connectivity index (χ4n) is 3.23. The van der Waals surface area contributed by atoms with Crippen LogP contribution < -0.4 is 10.6 Å². The number of nitrogens with one attached hydrogen (secondary N) is 2. The monoisotopic (exact) mass is 316 g/mol. The number of nitrogens with zero attached hydrogens (tertiary/aromatic N) is 2. The molecule has 2 saturated heterocycles. The van der Waals surface area contributed by atoms with Crippen LogP contribution in [-0.4, -0.2) is 67.0 Å². The van der Waals surface area contributed by atoms with Crippen LogP contribution >= 0.6 is 0 Å². The fraction of sp³-hybridized carbons (Fsp3) is 0.529. The summed E-state index contributed by atoms with van der Waals surface area (Å²) in [6.07, 6.45) is 1.65. The van der Waals surface area contributed by atoms with Gasteiger partial charge in [0.2, 0.25) is 5.91 Å². The average molecular weight is 316 g/mol. The summed E-state index contributed by atoms with van der Waals surface area (Å²) in [5.74, 6) is 0.0947. The van der Waals surface area contributed by atoms with Gasteiger partial charge in [-0.2, -0.15) is 0 Å². The molecule has 2 aliphatic rings. The number of carbonyl (C=O) groups excluding carboxylic acids is 2. The third kappa shape index (κ3) is 4.01. The van der Waals surface area contributed by atoms with Gasteiger partial charge in [0.1, 0.15) is 0 Å². The normalized spacial score (nSPS) is 22.6. The molecule has 3 amide bonds. The van der Waals surface area contributed by atoms with Gasteiger partial charge in [0, 0.05) is 39.3 Å². The molecule has 0 aromatic heterocycles. The van der Waals surface area contributed by atoms with E-state index in [0.717, 1.165) is 32.6 Å². The van der Waals surface area contributed by atoms with Crippen LogP contribution in [0.1, 0.15) is 12.0 Å². The van der Waals surface area contributed by atoms with E-state index in [-0.39, 0.29) is 18.0 Å². The van der Waals surface area contributed by atoms with Gasteiger partial charge < -0.3 is 15.5 Å². The standard InChI is InChI=1S/C17H24N4O2/c22-16-15(13-14-5-2-1-3-6-14)20(9-4-7-18-16)11-12-21-10-8-19-17(21)23/h1-3,5-6,15H,4,7-13H2,(H,18,22)(H,19,23). The molecule has 0 bridgehead atoms. The van der Waals surface area contributed by atoms with E-state index in [1.807, 2.05) is 23.1 Å². The van der Waals surface area contributed by atoms with Crippen LogP contribution in [0.25, 0.3) is 0 Å². The van der Waals surface area contributed by atoms with Crippen molar-refractivity contribution in [3.05, 3.63) is 35.9 Å². The summed E-state index contributed by atoms with van der Waals surface area (Å²) < 4.78 is 0. The smallest absolute Gasteiger partial charge is 0.317 e. The maximum Gasteiger partial charge on any atom is 0.317 e. The predicted molar refractivity (Wildman–Crippen MR) is 88.1 cm³/mol. The quantitative estimate of drug-likeness (QED) is 0.829. The Kier molecular flexibility index (Phi) is 5.12. The topological polar surface area (TPSA) is 64.7 Å². The molecule has 0 radical (unpaired) electrons. The fourth-order valence-corrected chi connectivity index (χ4v) is 3.23. The lowest BCUT2D eigenvalue weighted by Crippen LogP contribution is -2.48. The van der Waals surface area contributed by atoms with Crippen LogP contribution in [0.5, 0.6) is 0 Å². The maximum atomic E-state index is 12.4. The van der Waals surface area contributed by atoms with Crippen molar-refractivity contribution in [3.63, 3.8) is 0 Å². The zero-order valence-corrected chi connectivity index (χ0v) is 13.3. The van der Waals surface area contributed by atoms with Gasteiger partial charge in [-0.15, -0.1) is 0 Å². The highest BCUT2D eigenvalue weighted by atomic mass is 16.2. The Morgan fingerprint density at radius 3 is 2.57 bits per heavy atom. The molecule has 3 rings (SSSR count). The minimum Gasteiger partial charge on any atom is -0.355 e. The van der Waals surface area contributed by atoms with Crippen molar-refractivity contribution in [2.75, 3.05) is 39.3 Å². The molecule has 1 unspecified atom stereocenters. The molecular weight excluding hydrogens is 292 g/mol. The summed E-state index contributed by atoms with van der Waals surface area (Å²) in [5.41, 5.74) is 1.17. The van der Waals surface area contributed by atoms with Crippen molar-refractivity contribution in [1.82, 2.24) is 20.4 Å². The van der Waals surface area contributed by atoms with E-state index in [1.165, 1.54) is 5.56 Å². The zero-order valence-electron chi connectivity index (χ0n) is 13.3. The van der Waals surface area contributed by atoms with E-state index in [9.17, 15) is 9.59 Å². The SMILES string of the molecule is O=C1NCCCN(CCN2CCNC2=O)C1Cc1ccccc1. The molecule has 0 aliphatic carbocycles. The van der Waals surface area contributed by atoms with Crippen molar-refractivity contribution in [2.45, 2.75) is 18.9 Å². The van der Waals surface area contributed by atoms with E-state index in [1.54, 1.807) is 0 Å². The van der Waals surface area contributed by atoms with Crippen molar-refractivity contribution in [2.24, 2.45) is 0 Å². The Balaban J connectivity index is 1.66. The Morgan fingerprint density at radius 1 is 1.00 bits per heavy atom. The van der Waals surface area contributed by atoms with Crippen LogP contribution in [0.15, 0.2) is 30.3 Å². The van der Waals surface area contributed by atoms with Crippen LogP contribution in [0.4, 0.5) is 4.79 Å². The second kappa shape index (κ2) is 7.46. The minimum atomic E-state index is -0.162. The molecule has 124 valence electrons. The summed E-state index contributed by atoms with van der Waals surface area (Å²) in [7, 11) is 0. The average Bonchev–Trinajstić information content (AvgIpc) is 2.90. The van der Waals surface area contributed by atoms with Gasteiger partial charge in [-0.1, -0.05) is 30.3 Å². The van der Waals surface area contributed by atoms with E-state index < -0.39 is 0 Å². The Morgan fingerprint density at radius 2 is 1.83 bits per heavy atom. The first-order chi connectivity index (χ1) is 11.2. The second-order valence-electron chi connectivity index (χ2n) is 6.11. The van der Waals surface area contributed by atoms with Crippen molar-refractivity contribution in [1.29, 1.82) is 0 Å². The first-order valence-corrected chi connectivity index (χ1v) is 8.32. The molecule has 2 aliphatic heterocycles. The van der Waals surface area contributed by atoms with Gasteiger partial charge in [-0.05, 0) is 18.4 Å². The molecule has 1 aromatic rings. The van der Waals surface area contributed by atoms with Crippen molar-refractivity contribution in [3.8, 4) is 0 Å². The first kappa shape index (κ1) is 15.8. The van der Waals surface area contributed by atoms with Crippen molar-refractivity contribution >= 4 is 11.9 Å². The third-order valence-electron chi connectivity index (χ3n) is 4.54. The van der Waals surface area contributed by atoms with Gasteiger partial charge in [0.15, 0.2) is 0 Å². The highest BCUT2D eigenvalue weighted by Gasteiger charge is 2.29. The minimum absolute atomic E-state index is 0.00360. The molecule has 1 atom stereocenters. The first-order valence-electron chi connectivity index (χ1n) is 8.32. The lowest BCUT2D eigenvalue weighted by atomic mass is 10.0. The molecule has 2 heterocycles. The summed E-state index contributed by atoms with van der Waals surface area (Å²) in [6, 6.07) is 9.95. The van der Waals surface area contributed by atoms with E-state index >= 15 is 0 Å². The Hall–Kier alpha value is -2.08. The van der Waals surface area contributed by atoms with Gasteiger partial charge in [-0.25, -0.2) is 4.79 Å². The number of benzene rings is 1. The molecule has 1 aromatic carbocycles. The lowest BCUT2D eigenvalue weighted by molar-refractivity contribution is -0.125. The number of carbonyl (C=O) groups is 2. The maximum absolute atomic E-state index is 12.4. The number of rotatable bonds is 5. The molecule has 6 heteroatoms. The molecular formula is C17H24N4O2. The zero-order chi connectivity index (χ0) is 16.1. The van der Waals surface area contributed by atoms with Gasteiger partial charge in [0.05, 0.1) is 6.04 Å². The van der Waals surface area contributed by atoms with Gasteiger partial charge >= 0.3 is 6.03 Å². The van der Waals surface area contributed by atoms with E-state index in [4.69, 9.17) is 0 Å². The molecule has 0 spiro atoms. The van der Waals surface area contributed by atoms with Crippen molar-refractivity contribution < 1.29 is 9.59 Å². The van der Waals surface area contributed by atoms with Crippen LogP contribution in [0, 0.1) is 0 Å². The molecule has 23 heavy (non-hydrogen) atoms. The van der Waals surface area contributed by atoms with Gasteiger partial charge in [-0.3, -0.25) is 9.69 Å².